The number of aliphatic hydroxyl groups excluding tert-OH is 2. The molecule has 1 aliphatic heterocycles. The lowest BCUT2D eigenvalue weighted by Crippen LogP contribution is -2.37. The number of nitrogens with zero attached hydrogens (tertiary/aromatic N) is 1. The van der Waals surface area contributed by atoms with Gasteiger partial charge in [0, 0.05) is 19.7 Å². The molecule has 1 aliphatic rings. The number of likely N-dealkylation sites (tertiary alicyclic amines) is 1. The van der Waals surface area contributed by atoms with Gasteiger partial charge in [0.15, 0.2) is 0 Å². The van der Waals surface area contributed by atoms with E-state index in [1.807, 2.05) is 0 Å². The molecule has 1 heterocycles. The second kappa shape index (κ2) is 9.83. The summed E-state index contributed by atoms with van der Waals surface area (Å²) >= 11 is 0. The Hall–Kier alpha value is -0.160. The normalized spacial score (nSPS) is 18.7. The van der Waals surface area contributed by atoms with Gasteiger partial charge in [-0.1, -0.05) is 12.8 Å². The van der Waals surface area contributed by atoms with Gasteiger partial charge < -0.3 is 20.4 Å². The minimum atomic E-state index is -0.231. The molecule has 4 heteroatoms. The average Bonchev–Trinajstić information content (AvgIpc) is 2.80. The van der Waals surface area contributed by atoms with Crippen LogP contribution in [0.2, 0.25) is 0 Å². The van der Waals surface area contributed by atoms with Gasteiger partial charge in [0.1, 0.15) is 0 Å². The molecule has 0 amide bonds. The summed E-state index contributed by atoms with van der Waals surface area (Å²) in [6, 6.07) is 0. The lowest BCUT2D eigenvalue weighted by molar-refractivity contribution is 0.123. The van der Waals surface area contributed by atoms with Crippen molar-refractivity contribution in [1.29, 1.82) is 0 Å². The first-order valence-electron chi connectivity index (χ1n) is 7.05. The van der Waals surface area contributed by atoms with E-state index in [1.54, 1.807) is 0 Å². The molecule has 0 radical (unpaired) electrons. The molecule has 1 rings (SSSR count). The Morgan fingerprint density at radius 2 is 1.76 bits per heavy atom. The maximum Gasteiger partial charge on any atom is 0.0791 e. The van der Waals surface area contributed by atoms with Crippen molar-refractivity contribution in [2.45, 2.75) is 44.6 Å². The molecule has 4 nitrogen and oxygen atoms in total. The summed E-state index contributed by atoms with van der Waals surface area (Å²) in [5, 5.41) is 21.7. The van der Waals surface area contributed by atoms with Crippen LogP contribution in [0.25, 0.3) is 0 Å². The summed E-state index contributed by atoms with van der Waals surface area (Å²) in [7, 11) is 0. The molecule has 0 saturated carbocycles. The van der Waals surface area contributed by atoms with E-state index in [0.717, 1.165) is 51.9 Å². The largest absolute Gasteiger partial charge is 0.396 e. The summed E-state index contributed by atoms with van der Waals surface area (Å²) in [6.07, 6.45) is 6.65. The predicted molar refractivity (Wildman–Crippen MR) is 70.1 cm³/mol. The Kier molecular flexibility index (Phi) is 8.61. The first kappa shape index (κ1) is 14.9. The highest BCUT2D eigenvalue weighted by Crippen LogP contribution is 2.07. The zero-order valence-corrected chi connectivity index (χ0v) is 10.9. The Morgan fingerprint density at radius 1 is 1.06 bits per heavy atom. The fourth-order valence-corrected chi connectivity index (χ4v) is 2.31. The van der Waals surface area contributed by atoms with Crippen molar-refractivity contribution in [3.8, 4) is 0 Å². The predicted octanol–water partition coefficient (Wildman–Crippen LogP) is 0.585. The molecule has 1 saturated heterocycles. The summed E-state index contributed by atoms with van der Waals surface area (Å²) in [5.74, 6) is 0. The minimum absolute atomic E-state index is 0.231. The third-order valence-electron chi connectivity index (χ3n) is 3.31. The molecule has 102 valence electrons. The van der Waals surface area contributed by atoms with E-state index in [9.17, 15) is 5.11 Å². The van der Waals surface area contributed by atoms with Crippen LogP contribution >= 0.6 is 0 Å². The molecule has 0 aromatic heterocycles. The van der Waals surface area contributed by atoms with Gasteiger partial charge >= 0.3 is 0 Å². The average molecular weight is 244 g/mol. The molecule has 0 spiro atoms. The van der Waals surface area contributed by atoms with Gasteiger partial charge in [0.25, 0.3) is 0 Å². The molecule has 17 heavy (non-hydrogen) atoms. The Bertz CT molecular complexity index is 173. The highest BCUT2D eigenvalue weighted by atomic mass is 16.3. The van der Waals surface area contributed by atoms with Crippen molar-refractivity contribution >= 4 is 0 Å². The van der Waals surface area contributed by atoms with Crippen molar-refractivity contribution in [3.05, 3.63) is 0 Å². The minimum Gasteiger partial charge on any atom is -0.396 e. The maximum absolute atomic E-state index is 9.81. The van der Waals surface area contributed by atoms with Gasteiger partial charge in [-0.15, -0.1) is 0 Å². The monoisotopic (exact) mass is 244 g/mol. The van der Waals surface area contributed by atoms with E-state index in [2.05, 4.69) is 10.2 Å². The summed E-state index contributed by atoms with van der Waals surface area (Å²) in [5.41, 5.74) is 0. The van der Waals surface area contributed by atoms with Crippen LogP contribution in [0.3, 0.4) is 0 Å². The number of unbranched alkanes of at least 4 members (excludes halogenated alkanes) is 3. The van der Waals surface area contributed by atoms with Crippen molar-refractivity contribution in [2.75, 3.05) is 39.3 Å². The quantitative estimate of drug-likeness (QED) is 0.492. The number of nitrogens with one attached hydrogen (secondary N) is 1. The van der Waals surface area contributed by atoms with Gasteiger partial charge in [-0.05, 0) is 45.3 Å². The van der Waals surface area contributed by atoms with Crippen molar-refractivity contribution < 1.29 is 10.2 Å². The zero-order chi connectivity index (χ0) is 12.3. The van der Waals surface area contributed by atoms with Gasteiger partial charge in [0.2, 0.25) is 0 Å². The number of hydrogen-bond acceptors (Lipinski definition) is 4. The Labute approximate surface area is 105 Å². The fraction of sp³-hybridized carbons (Fsp3) is 1.00. The molecular weight excluding hydrogens is 216 g/mol. The lowest BCUT2D eigenvalue weighted by atomic mass is 10.2. The fourth-order valence-electron chi connectivity index (χ4n) is 2.31. The van der Waals surface area contributed by atoms with Crippen molar-refractivity contribution in [2.24, 2.45) is 0 Å². The van der Waals surface area contributed by atoms with Crippen LogP contribution in [-0.4, -0.2) is 60.5 Å². The molecule has 0 aliphatic carbocycles. The maximum atomic E-state index is 9.81. The molecule has 1 atom stereocenters. The van der Waals surface area contributed by atoms with Crippen LogP contribution in [0, 0.1) is 0 Å². The Balaban J connectivity index is 1.84. The number of aliphatic hydroxyl groups is 2. The summed E-state index contributed by atoms with van der Waals surface area (Å²) in [4.78, 5) is 2.34. The number of rotatable bonds is 10. The SMILES string of the molecule is OCCCCCCNCC(O)CN1CCCC1. The van der Waals surface area contributed by atoms with E-state index < -0.39 is 0 Å². The first-order valence-corrected chi connectivity index (χ1v) is 7.05. The Morgan fingerprint density at radius 3 is 2.47 bits per heavy atom. The van der Waals surface area contributed by atoms with Crippen LogP contribution in [0.4, 0.5) is 0 Å². The first-order chi connectivity index (χ1) is 8.33. The van der Waals surface area contributed by atoms with Crippen molar-refractivity contribution in [1.82, 2.24) is 10.2 Å². The molecular formula is C13H28N2O2. The zero-order valence-electron chi connectivity index (χ0n) is 10.9. The highest BCUT2D eigenvalue weighted by molar-refractivity contribution is 4.71. The number of hydrogen-bond donors (Lipinski definition) is 3. The standard InChI is InChI=1S/C13H28N2O2/c16-10-6-2-1-3-7-14-11-13(17)12-15-8-4-5-9-15/h13-14,16-17H,1-12H2. The van der Waals surface area contributed by atoms with E-state index in [0.29, 0.717) is 13.2 Å². The van der Waals surface area contributed by atoms with Gasteiger partial charge in [0.05, 0.1) is 6.10 Å². The smallest absolute Gasteiger partial charge is 0.0791 e. The third kappa shape index (κ3) is 7.71. The van der Waals surface area contributed by atoms with E-state index in [-0.39, 0.29) is 6.10 Å². The summed E-state index contributed by atoms with van der Waals surface area (Å²) in [6.45, 7) is 5.11. The molecule has 0 aromatic rings. The highest BCUT2D eigenvalue weighted by Gasteiger charge is 2.14. The second-order valence-electron chi connectivity index (χ2n) is 5.00. The van der Waals surface area contributed by atoms with E-state index in [4.69, 9.17) is 5.11 Å². The number of β-amino-alcohol motifs (C(OH)–C–C–N with tert-alkyl or cyclic N) is 1. The van der Waals surface area contributed by atoms with Crippen LogP contribution in [0.5, 0.6) is 0 Å². The molecule has 1 fully saturated rings. The third-order valence-corrected chi connectivity index (χ3v) is 3.31. The summed E-state index contributed by atoms with van der Waals surface area (Å²) < 4.78 is 0. The van der Waals surface area contributed by atoms with Crippen LogP contribution in [0.1, 0.15) is 38.5 Å². The molecule has 0 aromatic carbocycles. The van der Waals surface area contributed by atoms with Crippen LogP contribution < -0.4 is 5.32 Å². The molecule has 1 unspecified atom stereocenters. The second-order valence-corrected chi connectivity index (χ2v) is 5.00. The topological polar surface area (TPSA) is 55.7 Å². The lowest BCUT2D eigenvalue weighted by Gasteiger charge is -2.19. The van der Waals surface area contributed by atoms with E-state index in [1.165, 1.54) is 12.8 Å². The van der Waals surface area contributed by atoms with Crippen LogP contribution in [-0.2, 0) is 0 Å². The van der Waals surface area contributed by atoms with Crippen molar-refractivity contribution in [3.63, 3.8) is 0 Å². The molecule has 0 bridgehead atoms. The van der Waals surface area contributed by atoms with E-state index >= 15 is 0 Å². The van der Waals surface area contributed by atoms with Gasteiger partial charge in [-0.2, -0.15) is 0 Å². The van der Waals surface area contributed by atoms with Gasteiger partial charge in [-0.25, -0.2) is 0 Å². The molecule has 3 N–H and O–H groups in total. The van der Waals surface area contributed by atoms with Crippen LogP contribution in [0.15, 0.2) is 0 Å². The van der Waals surface area contributed by atoms with Gasteiger partial charge in [-0.3, -0.25) is 0 Å².